The van der Waals surface area contributed by atoms with Crippen molar-refractivity contribution in [3.8, 4) is 0 Å². The molecule has 0 radical (unpaired) electrons. The highest BCUT2D eigenvalue weighted by Crippen LogP contribution is 2.30. The van der Waals surface area contributed by atoms with Crippen LogP contribution in [0.3, 0.4) is 0 Å². The van der Waals surface area contributed by atoms with Gasteiger partial charge in [-0.05, 0) is 29.9 Å². The first-order valence-corrected chi connectivity index (χ1v) is 6.23. The lowest BCUT2D eigenvalue weighted by Crippen LogP contribution is -2.44. The van der Waals surface area contributed by atoms with Crippen molar-refractivity contribution in [2.45, 2.75) is 38.8 Å². The fourth-order valence-corrected chi connectivity index (χ4v) is 2.28. The van der Waals surface area contributed by atoms with Crippen LogP contribution in [0.4, 0.5) is 0 Å². The SMILES string of the molecule is CC(C)[C@@H](N)C(=O)NC1CCc2ccccc21.Cl. The first-order chi connectivity index (χ1) is 8.09. The summed E-state index contributed by atoms with van der Waals surface area (Å²) in [4.78, 5) is 11.9. The largest absolute Gasteiger partial charge is 0.348 e. The molecule has 1 unspecified atom stereocenters. The van der Waals surface area contributed by atoms with Crippen LogP contribution in [-0.4, -0.2) is 11.9 Å². The van der Waals surface area contributed by atoms with Crippen LogP contribution in [0.25, 0.3) is 0 Å². The summed E-state index contributed by atoms with van der Waals surface area (Å²) in [6, 6.07) is 8.01. The molecule has 3 N–H and O–H groups in total. The molecule has 1 aliphatic carbocycles. The summed E-state index contributed by atoms with van der Waals surface area (Å²) >= 11 is 0. The molecule has 0 saturated carbocycles. The second-order valence-electron chi connectivity index (χ2n) is 5.07. The van der Waals surface area contributed by atoms with E-state index in [-0.39, 0.29) is 30.3 Å². The summed E-state index contributed by atoms with van der Waals surface area (Å²) in [5, 5.41) is 3.05. The van der Waals surface area contributed by atoms with E-state index in [0.717, 1.165) is 12.8 Å². The zero-order valence-corrected chi connectivity index (χ0v) is 11.7. The lowest BCUT2D eigenvalue weighted by Gasteiger charge is -2.19. The Balaban J connectivity index is 0.00000162. The highest BCUT2D eigenvalue weighted by molar-refractivity contribution is 5.85. The summed E-state index contributed by atoms with van der Waals surface area (Å²) in [6.45, 7) is 3.93. The number of nitrogens with two attached hydrogens (primary N) is 1. The number of rotatable bonds is 3. The highest BCUT2D eigenvalue weighted by Gasteiger charge is 2.26. The second kappa shape index (κ2) is 6.21. The van der Waals surface area contributed by atoms with Gasteiger partial charge in [0.25, 0.3) is 0 Å². The molecule has 100 valence electrons. The van der Waals surface area contributed by atoms with E-state index < -0.39 is 6.04 Å². The molecule has 1 aromatic carbocycles. The third-order valence-corrected chi connectivity index (χ3v) is 3.47. The fourth-order valence-electron chi connectivity index (χ4n) is 2.28. The van der Waals surface area contributed by atoms with Crippen LogP contribution in [0, 0.1) is 5.92 Å². The van der Waals surface area contributed by atoms with Gasteiger partial charge in [-0.1, -0.05) is 38.1 Å². The number of hydrogen-bond acceptors (Lipinski definition) is 2. The van der Waals surface area contributed by atoms with Crippen LogP contribution in [0.2, 0.25) is 0 Å². The molecule has 0 fully saturated rings. The molecule has 1 amide bonds. The molecule has 4 heteroatoms. The number of nitrogens with one attached hydrogen (secondary N) is 1. The molecule has 2 rings (SSSR count). The van der Waals surface area contributed by atoms with Crippen LogP contribution in [0.15, 0.2) is 24.3 Å². The standard InChI is InChI=1S/C14H20N2O.ClH/c1-9(2)13(15)14(17)16-12-8-7-10-5-3-4-6-11(10)12;/h3-6,9,12-13H,7-8,15H2,1-2H3,(H,16,17);1H/t12?,13-;/m1./s1. The van der Waals surface area contributed by atoms with Crippen molar-refractivity contribution in [1.29, 1.82) is 0 Å². The van der Waals surface area contributed by atoms with Gasteiger partial charge in [-0.15, -0.1) is 12.4 Å². The Morgan fingerprint density at radius 1 is 1.39 bits per heavy atom. The van der Waals surface area contributed by atoms with E-state index in [9.17, 15) is 4.79 Å². The van der Waals surface area contributed by atoms with Crippen LogP contribution in [-0.2, 0) is 11.2 Å². The molecule has 0 spiro atoms. The predicted molar refractivity (Wildman–Crippen MR) is 75.7 cm³/mol. The number of aryl methyl sites for hydroxylation is 1. The van der Waals surface area contributed by atoms with E-state index in [1.165, 1.54) is 11.1 Å². The fraction of sp³-hybridized carbons (Fsp3) is 0.500. The summed E-state index contributed by atoms with van der Waals surface area (Å²) in [7, 11) is 0. The molecule has 2 atom stereocenters. The quantitative estimate of drug-likeness (QED) is 0.883. The molecule has 18 heavy (non-hydrogen) atoms. The van der Waals surface area contributed by atoms with E-state index >= 15 is 0 Å². The maximum Gasteiger partial charge on any atom is 0.237 e. The van der Waals surface area contributed by atoms with E-state index in [1.807, 2.05) is 26.0 Å². The third-order valence-electron chi connectivity index (χ3n) is 3.47. The molecule has 0 saturated heterocycles. The molecule has 3 nitrogen and oxygen atoms in total. The summed E-state index contributed by atoms with van der Waals surface area (Å²) < 4.78 is 0. The molecule has 0 aromatic heterocycles. The Morgan fingerprint density at radius 3 is 2.72 bits per heavy atom. The Bertz CT molecular complexity index is 420. The van der Waals surface area contributed by atoms with Gasteiger partial charge in [0.2, 0.25) is 5.91 Å². The highest BCUT2D eigenvalue weighted by atomic mass is 35.5. The molecule has 0 heterocycles. The average Bonchev–Trinajstić information content (AvgIpc) is 2.71. The van der Waals surface area contributed by atoms with Crippen molar-refractivity contribution in [3.05, 3.63) is 35.4 Å². The van der Waals surface area contributed by atoms with Gasteiger partial charge in [0.1, 0.15) is 0 Å². The number of halogens is 1. The van der Waals surface area contributed by atoms with Crippen molar-refractivity contribution in [3.63, 3.8) is 0 Å². The maximum atomic E-state index is 11.9. The van der Waals surface area contributed by atoms with Gasteiger partial charge in [0, 0.05) is 0 Å². The van der Waals surface area contributed by atoms with Crippen molar-refractivity contribution >= 4 is 18.3 Å². The smallest absolute Gasteiger partial charge is 0.237 e. The third kappa shape index (κ3) is 3.03. The van der Waals surface area contributed by atoms with E-state index in [2.05, 4.69) is 17.4 Å². The van der Waals surface area contributed by atoms with Gasteiger partial charge in [0.05, 0.1) is 12.1 Å². The number of amides is 1. The van der Waals surface area contributed by atoms with Crippen LogP contribution in [0.1, 0.15) is 37.4 Å². The molecule has 0 bridgehead atoms. The number of hydrogen-bond donors (Lipinski definition) is 2. The van der Waals surface area contributed by atoms with Gasteiger partial charge in [-0.3, -0.25) is 4.79 Å². The first-order valence-electron chi connectivity index (χ1n) is 6.23. The number of fused-ring (bicyclic) bond motifs is 1. The normalized spacial score (nSPS) is 19.0. The van der Waals surface area contributed by atoms with Crippen molar-refractivity contribution in [2.75, 3.05) is 0 Å². The monoisotopic (exact) mass is 268 g/mol. The second-order valence-corrected chi connectivity index (χ2v) is 5.07. The Hall–Kier alpha value is -1.06. The lowest BCUT2D eigenvalue weighted by molar-refractivity contribution is -0.124. The first kappa shape index (κ1) is 15.0. The summed E-state index contributed by atoms with van der Waals surface area (Å²) in [6.07, 6.45) is 2.02. The topological polar surface area (TPSA) is 55.1 Å². The van der Waals surface area contributed by atoms with E-state index in [0.29, 0.717) is 0 Å². The van der Waals surface area contributed by atoms with Gasteiger partial charge >= 0.3 is 0 Å². The number of carbonyl (C=O) groups is 1. The molecule has 1 aromatic rings. The molecular weight excluding hydrogens is 248 g/mol. The van der Waals surface area contributed by atoms with Gasteiger partial charge in [-0.2, -0.15) is 0 Å². The van der Waals surface area contributed by atoms with Gasteiger partial charge in [0.15, 0.2) is 0 Å². The van der Waals surface area contributed by atoms with Crippen LogP contribution < -0.4 is 11.1 Å². The Morgan fingerprint density at radius 2 is 2.06 bits per heavy atom. The van der Waals surface area contributed by atoms with Crippen LogP contribution in [0.5, 0.6) is 0 Å². The minimum Gasteiger partial charge on any atom is -0.348 e. The van der Waals surface area contributed by atoms with E-state index in [4.69, 9.17) is 5.73 Å². The molecular formula is C14H21ClN2O. The summed E-state index contributed by atoms with van der Waals surface area (Å²) in [5.41, 5.74) is 8.44. The van der Waals surface area contributed by atoms with Crippen molar-refractivity contribution in [1.82, 2.24) is 5.32 Å². The summed E-state index contributed by atoms with van der Waals surface area (Å²) in [5.74, 6) is 0.133. The van der Waals surface area contributed by atoms with Gasteiger partial charge < -0.3 is 11.1 Å². The average molecular weight is 269 g/mol. The van der Waals surface area contributed by atoms with Gasteiger partial charge in [-0.25, -0.2) is 0 Å². The lowest BCUT2D eigenvalue weighted by atomic mass is 10.0. The minimum atomic E-state index is -0.414. The molecule has 0 aliphatic heterocycles. The number of benzene rings is 1. The Labute approximate surface area is 115 Å². The minimum absolute atomic E-state index is 0. The zero-order valence-electron chi connectivity index (χ0n) is 10.8. The maximum absolute atomic E-state index is 11.9. The van der Waals surface area contributed by atoms with Crippen molar-refractivity contribution < 1.29 is 4.79 Å². The van der Waals surface area contributed by atoms with E-state index in [1.54, 1.807) is 0 Å². The number of carbonyl (C=O) groups excluding carboxylic acids is 1. The predicted octanol–water partition coefficient (Wildman–Crippen LogP) is 2.20. The molecule has 1 aliphatic rings. The van der Waals surface area contributed by atoms with Crippen molar-refractivity contribution in [2.24, 2.45) is 11.7 Å². The van der Waals surface area contributed by atoms with Crippen LogP contribution >= 0.6 is 12.4 Å². The zero-order chi connectivity index (χ0) is 12.4. The Kier molecular flexibility index (Phi) is 5.17.